The van der Waals surface area contributed by atoms with Crippen LogP contribution in [0.2, 0.25) is 5.15 Å². The van der Waals surface area contributed by atoms with Crippen LogP contribution in [0.25, 0.3) is 21.8 Å². The van der Waals surface area contributed by atoms with Gasteiger partial charge in [-0.15, -0.1) is 0 Å². The first-order chi connectivity index (χ1) is 14.6. The highest BCUT2D eigenvalue weighted by Gasteiger charge is 2.31. The molecular formula is C22H19ClN2O5S. The van der Waals surface area contributed by atoms with Gasteiger partial charge in [0.05, 0.1) is 28.2 Å². The minimum absolute atomic E-state index is 0.122. The summed E-state index contributed by atoms with van der Waals surface area (Å²) in [6.07, 6.45) is 0. The van der Waals surface area contributed by atoms with Crippen LogP contribution in [0.1, 0.15) is 19.5 Å². The largest absolute Gasteiger partial charge is 0.479 e. The molecule has 0 amide bonds. The van der Waals surface area contributed by atoms with Crippen molar-refractivity contribution in [1.29, 1.82) is 0 Å². The molecule has 0 atom stereocenters. The first-order valence-corrected chi connectivity index (χ1v) is 11.2. The van der Waals surface area contributed by atoms with Gasteiger partial charge in [-0.1, -0.05) is 48.0 Å². The third-order valence-corrected chi connectivity index (χ3v) is 7.05. The molecule has 0 aliphatic heterocycles. The number of pyridine rings is 1. The molecule has 1 N–H and O–H groups in total. The summed E-state index contributed by atoms with van der Waals surface area (Å²) in [7, 11) is -4.07. The summed E-state index contributed by atoms with van der Waals surface area (Å²) in [5.41, 5.74) is -0.575. The number of halogens is 1. The predicted octanol–water partition coefficient (Wildman–Crippen LogP) is 4.46. The van der Waals surface area contributed by atoms with E-state index in [-0.39, 0.29) is 22.3 Å². The molecule has 31 heavy (non-hydrogen) atoms. The topological polar surface area (TPSA) is 98.5 Å². The third-order valence-electron chi connectivity index (χ3n) is 5.02. The molecule has 0 radical (unpaired) electrons. The molecule has 2 aromatic heterocycles. The fourth-order valence-electron chi connectivity index (χ4n) is 3.31. The number of ether oxygens (including phenoxy) is 1. The quantitative estimate of drug-likeness (QED) is 0.428. The lowest BCUT2D eigenvalue weighted by molar-refractivity contribution is -0.162. The molecule has 0 saturated heterocycles. The zero-order chi connectivity index (χ0) is 22.4. The monoisotopic (exact) mass is 458 g/mol. The lowest BCUT2D eigenvalue weighted by Crippen LogP contribution is -2.34. The fourth-order valence-corrected chi connectivity index (χ4v) is 5.20. The van der Waals surface area contributed by atoms with Gasteiger partial charge in [0.25, 0.3) is 10.0 Å². The van der Waals surface area contributed by atoms with E-state index in [0.717, 1.165) is 9.36 Å². The number of aromatic nitrogens is 2. The molecule has 0 unspecified atom stereocenters. The van der Waals surface area contributed by atoms with Crippen molar-refractivity contribution in [3.05, 3.63) is 71.5 Å². The summed E-state index contributed by atoms with van der Waals surface area (Å²) in [6.45, 7) is 2.55. The van der Waals surface area contributed by atoms with Crippen molar-refractivity contribution >= 4 is 49.4 Å². The molecule has 9 heteroatoms. The SMILES string of the molecule is CC(C)(OCc1cc2nc(Cl)ccc2n1S(=O)(=O)c1cccc2ccccc12)C(=O)O. The molecule has 0 aliphatic rings. The Bertz CT molecular complexity index is 1420. The predicted molar refractivity (Wildman–Crippen MR) is 118 cm³/mol. The maximum absolute atomic E-state index is 13.8. The molecule has 0 fully saturated rings. The molecule has 4 rings (SSSR count). The summed E-state index contributed by atoms with van der Waals surface area (Å²) in [4.78, 5) is 15.8. The number of benzene rings is 2. The summed E-state index contributed by atoms with van der Waals surface area (Å²) >= 11 is 6.00. The maximum atomic E-state index is 13.8. The van der Waals surface area contributed by atoms with Crippen LogP contribution in [0.5, 0.6) is 0 Å². The Morgan fingerprint density at radius 2 is 1.84 bits per heavy atom. The van der Waals surface area contributed by atoms with Gasteiger partial charge >= 0.3 is 5.97 Å². The van der Waals surface area contributed by atoms with E-state index in [9.17, 15) is 18.3 Å². The van der Waals surface area contributed by atoms with Crippen molar-refractivity contribution in [2.24, 2.45) is 0 Å². The van der Waals surface area contributed by atoms with Crippen LogP contribution >= 0.6 is 11.6 Å². The van der Waals surface area contributed by atoms with Gasteiger partial charge in [0.15, 0.2) is 5.60 Å². The highest BCUT2D eigenvalue weighted by molar-refractivity contribution is 7.90. The summed E-state index contributed by atoms with van der Waals surface area (Å²) in [5.74, 6) is -1.16. The van der Waals surface area contributed by atoms with Crippen molar-refractivity contribution in [1.82, 2.24) is 8.96 Å². The van der Waals surface area contributed by atoms with Crippen LogP contribution in [0.15, 0.2) is 65.6 Å². The fraction of sp³-hybridized carbons (Fsp3) is 0.182. The van der Waals surface area contributed by atoms with Crippen molar-refractivity contribution in [2.45, 2.75) is 31.0 Å². The van der Waals surface area contributed by atoms with Crippen LogP contribution in [0.4, 0.5) is 0 Å². The molecular weight excluding hydrogens is 440 g/mol. The first kappa shape index (κ1) is 21.3. The standard InChI is InChI=1S/C22H19ClN2O5S/c1-22(2,21(26)27)30-13-15-12-17-18(10-11-20(23)24-17)25(15)31(28,29)19-9-5-7-14-6-3-4-8-16(14)19/h3-12H,13H2,1-2H3,(H,26,27). The third kappa shape index (κ3) is 3.78. The van der Waals surface area contributed by atoms with Gasteiger partial charge in [-0.05, 0) is 43.5 Å². The van der Waals surface area contributed by atoms with Gasteiger partial charge in [-0.3, -0.25) is 0 Å². The maximum Gasteiger partial charge on any atom is 0.335 e. The van der Waals surface area contributed by atoms with Gasteiger partial charge in [-0.2, -0.15) is 0 Å². The number of fused-ring (bicyclic) bond motifs is 2. The van der Waals surface area contributed by atoms with Gasteiger partial charge in [-0.25, -0.2) is 22.2 Å². The normalized spacial score (nSPS) is 12.5. The number of hydrogen-bond donors (Lipinski definition) is 1. The highest BCUT2D eigenvalue weighted by atomic mass is 35.5. The van der Waals surface area contributed by atoms with Crippen LogP contribution < -0.4 is 0 Å². The number of aliphatic carboxylic acids is 1. The molecule has 2 heterocycles. The number of carboxylic acids is 1. The average molecular weight is 459 g/mol. The van der Waals surface area contributed by atoms with Gasteiger partial charge in [0.1, 0.15) is 5.15 Å². The van der Waals surface area contributed by atoms with Crippen LogP contribution in [0, 0.1) is 0 Å². The van der Waals surface area contributed by atoms with E-state index in [4.69, 9.17) is 16.3 Å². The first-order valence-electron chi connectivity index (χ1n) is 9.39. The smallest absolute Gasteiger partial charge is 0.335 e. The van der Waals surface area contributed by atoms with Gasteiger partial charge < -0.3 is 9.84 Å². The molecule has 0 bridgehead atoms. The lowest BCUT2D eigenvalue weighted by atomic mass is 10.1. The van der Waals surface area contributed by atoms with E-state index in [1.165, 1.54) is 19.9 Å². The molecule has 0 saturated carbocycles. The summed E-state index contributed by atoms with van der Waals surface area (Å²) in [5, 5.41) is 10.9. The van der Waals surface area contributed by atoms with Crippen LogP contribution in [0.3, 0.4) is 0 Å². The van der Waals surface area contributed by atoms with Crippen LogP contribution in [-0.2, 0) is 26.2 Å². The zero-order valence-electron chi connectivity index (χ0n) is 16.7. The lowest BCUT2D eigenvalue weighted by Gasteiger charge is -2.21. The average Bonchev–Trinajstić information content (AvgIpc) is 3.10. The molecule has 160 valence electrons. The van der Waals surface area contributed by atoms with Crippen molar-refractivity contribution in [3.8, 4) is 0 Å². The zero-order valence-corrected chi connectivity index (χ0v) is 18.3. The number of nitrogens with zero attached hydrogens (tertiary/aromatic N) is 2. The molecule has 0 aliphatic carbocycles. The van der Waals surface area contributed by atoms with E-state index in [1.54, 1.807) is 36.4 Å². The number of carbonyl (C=O) groups is 1. The summed E-state index contributed by atoms with van der Waals surface area (Å²) < 4.78 is 34.3. The van der Waals surface area contributed by atoms with Crippen molar-refractivity contribution in [2.75, 3.05) is 0 Å². The van der Waals surface area contributed by atoms with E-state index in [1.807, 2.05) is 18.2 Å². The Hall–Kier alpha value is -2.94. The minimum Gasteiger partial charge on any atom is -0.479 e. The number of rotatable bonds is 6. The second-order valence-corrected chi connectivity index (χ2v) is 9.67. The Kier molecular flexibility index (Phi) is 5.25. The van der Waals surface area contributed by atoms with Crippen LogP contribution in [-0.4, -0.2) is 34.1 Å². The highest BCUT2D eigenvalue weighted by Crippen LogP contribution is 2.31. The Labute approximate surface area is 183 Å². The van der Waals surface area contributed by atoms with E-state index >= 15 is 0 Å². The number of carboxylic acid groups (broad SMARTS) is 1. The summed E-state index contributed by atoms with van der Waals surface area (Å²) in [6, 6.07) is 16.9. The minimum atomic E-state index is -4.07. The van der Waals surface area contributed by atoms with Crippen molar-refractivity contribution < 1.29 is 23.1 Å². The van der Waals surface area contributed by atoms with E-state index < -0.39 is 21.6 Å². The van der Waals surface area contributed by atoms with Crippen molar-refractivity contribution in [3.63, 3.8) is 0 Å². The Morgan fingerprint density at radius 3 is 2.58 bits per heavy atom. The molecule has 7 nitrogen and oxygen atoms in total. The van der Waals surface area contributed by atoms with Gasteiger partial charge in [0.2, 0.25) is 0 Å². The Morgan fingerprint density at radius 1 is 1.13 bits per heavy atom. The molecule has 4 aromatic rings. The Balaban J connectivity index is 1.94. The van der Waals surface area contributed by atoms with E-state index in [0.29, 0.717) is 16.4 Å². The molecule has 0 spiro atoms. The second kappa shape index (κ2) is 7.64. The molecule has 2 aromatic carbocycles. The van der Waals surface area contributed by atoms with Gasteiger partial charge in [0, 0.05) is 5.39 Å². The number of hydrogen-bond acceptors (Lipinski definition) is 5. The second-order valence-electron chi connectivity index (χ2n) is 7.52. The van der Waals surface area contributed by atoms with E-state index in [2.05, 4.69) is 4.98 Å².